The predicted octanol–water partition coefficient (Wildman–Crippen LogP) is 3.92. The van der Waals surface area contributed by atoms with Crippen LogP contribution in [0, 0.1) is 5.92 Å². The van der Waals surface area contributed by atoms with Gasteiger partial charge in [-0.2, -0.15) is 0 Å². The molecule has 3 heteroatoms. The maximum absolute atomic E-state index is 5.92. The first-order chi connectivity index (χ1) is 8.90. The Balaban J connectivity index is 2.55. The molecule has 0 aliphatic rings. The molecule has 0 aliphatic heterocycles. The van der Waals surface area contributed by atoms with Crippen molar-refractivity contribution in [2.45, 2.75) is 39.2 Å². The van der Waals surface area contributed by atoms with Crippen molar-refractivity contribution in [1.29, 1.82) is 0 Å². The molecule has 19 heavy (non-hydrogen) atoms. The average molecular weight is 284 g/mol. The number of nitrogens with one attached hydrogen (secondary N) is 1. The molecule has 0 fully saturated rings. The van der Waals surface area contributed by atoms with Crippen molar-refractivity contribution in [3.8, 4) is 0 Å². The smallest absolute Gasteiger partial charge is 0.0465 e. The predicted molar refractivity (Wildman–Crippen MR) is 82.9 cm³/mol. The topological polar surface area (TPSA) is 21.3 Å². The Morgan fingerprint density at radius 1 is 1.21 bits per heavy atom. The zero-order valence-electron chi connectivity index (χ0n) is 12.5. The largest absolute Gasteiger partial charge is 0.385 e. The summed E-state index contributed by atoms with van der Waals surface area (Å²) in [6.45, 7) is 8.41. The van der Waals surface area contributed by atoms with Gasteiger partial charge in [0.2, 0.25) is 0 Å². The van der Waals surface area contributed by atoms with Gasteiger partial charge in [-0.3, -0.25) is 0 Å². The van der Waals surface area contributed by atoms with Crippen LogP contribution in [0.2, 0.25) is 5.02 Å². The average Bonchev–Trinajstić information content (AvgIpc) is 2.34. The Hall–Kier alpha value is -0.570. The number of hydrogen-bond donors (Lipinski definition) is 1. The van der Waals surface area contributed by atoms with Gasteiger partial charge >= 0.3 is 0 Å². The van der Waals surface area contributed by atoms with Crippen molar-refractivity contribution >= 4 is 11.6 Å². The molecule has 108 valence electrons. The summed E-state index contributed by atoms with van der Waals surface area (Å²) in [5.41, 5.74) is 1.49. The zero-order valence-corrected chi connectivity index (χ0v) is 13.3. The third kappa shape index (κ3) is 7.56. The molecule has 0 aromatic heterocycles. The minimum atomic E-state index is 0.158. The number of hydrogen-bond acceptors (Lipinski definition) is 2. The summed E-state index contributed by atoms with van der Waals surface area (Å²) in [6, 6.07) is 8.14. The summed E-state index contributed by atoms with van der Waals surface area (Å²) >= 11 is 5.92. The van der Waals surface area contributed by atoms with Crippen LogP contribution in [0.5, 0.6) is 0 Å². The Morgan fingerprint density at radius 2 is 1.84 bits per heavy atom. The zero-order chi connectivity index (χ0) is 14.3. The van der Waals surface area contributed by atoms with Crippen molar-refractivity contribution in [3.63, 3.8) is 0 Å². The Bertz CT molecular complexity index is 356. The second-order valence-electron chi connectivity index (χ2n) is 6.11. The van der Waals surface area contributed by atoms with E-state index in [0.717, 1.165) is 31.0 Å². The van der Waals surface area contributed by atoms with Gasteiger partial charge in [-0.25, -0.2) is 0 Å². The first kappa shape index (κ1) is 16.5. The highest BCUT2D eigenvalue weighted by atomic mass is 35.5. The van der Waals surface area contributed by atoms with Gasteiger partial charge < -0.3 is 10.1 Å². The van der Waals surface area contributed by atoms with Crippen LogP contribution in [0.1, 0.15) is 32.8 Å². The highest BCUT2D eigenvalue weighted by Gasteiger charge is 2.14. The number of methoxy groups -OCH3 is 1. The molecular formula is C16H26ClNO. The number of ether oxygens (including phenoxy) is 1. The van der Waals surface area contributed by atoms with E-state index < -0.39 is 0 Å². The fraction of sp³-hybridized carbons (Fsp3) is 0.625. The van der Waals surface area contributed by atoms with Crippen molar-refractivity contribution in [2.24, 2.45) is 5.92 Å². The molecule has 2 nitrogen and oxygen atoms in total. The number of halogens is 1. The van der Waals surface area contributed by atoms with E-state index in [1.807, 2.05) is 12.1 Å². The van der Waals surface area contributed by atoms with Gasteiger partial charge in [-0.1, -0.05) is 23.7 Å². The monoisotopic (exact) mass is 283 g/mol. The van der Waals surface area contributed by atoms with E-state index in [-0.39, 0.29) is 5.54 Å². The lowest BCUT2D eigenvalue weighted by atomic mass is 9.95. The molecule has 1 aromatic carbocycles. The van der Waals surface area contributed by atoms with Crippen molar-refractivity contribution in [2.75, 3.05) is 20.3 Å². The van der Waals surface area contributed by atoms with E-state index >= 15 is 0 Å². The molecule has 0 spiro atoms. The minimum absolute atomic E-state index is 0.158. The lowest BCUT2D eigenvalue weighted by Crippen LogP contribution is -2.39. The van der Waals surface area contributed by atoms with E-state index in [0.29, 0.717) is 5.92 Å². The molecule has 1 N–H and O–H groups in total. The van der Waals surface area contributed by atoms with E-state index in [9.17, 15) is 0 Å². The van der Waals surface area contributed by atoms with Crippen LogP contribution in [0.4, 0.5) is 0 Å². The molecule has 0 aliphatic carbocycles. The molecule has 0 radical (unpaired) electrons. The Kier molecular flexibility index (Phi) is 6.84. The quantitative estimate of drug-likeness (QED) is 0.819. The molecule has 1 atom stereocenters. The molecule has 1 rings (SSSR count). The first-order valence-electron chi connectivity index (χ1n) is 6.89. The fourth-order valence-corrected chi connectivity index (χ4v) is 2.09. The highest BCUT2D eigenvalue weighted by molar-refractivity contribution is 6.30. The van der Waals surface area contributed by atoms with E-state index in [2.05, 4.69) is 38.2 Å². The van der Waals surface area contributed by atoms with Crippen LogP contribution in [0.3, 0.4) is 0 Å². The molecule has 1 unspecified atom stereocenters. The number of rotatable bonds is 7. The van der Waals surface area contributed by atoms with Gasteiger partial charge in [0.05, 0.1) is 0 Å². The van der Waals surface area contributed by atoms with Crippen molar-refractivity contribution in [3.05, 3.63) is 34.9 Å². The van der Waals surface area contributed by atoms with Crippen LogP contribution in [-0.2, 0) is 11.2 Å². The molecule has 0 saturated carbocycles. The van der Waals surface area contributed by atoms with Crippen LogP contribution >= 0.6 is 11.6 Å². The van der Waals surface area contributed by atoms with E-state index in [4.69, 9.17) is 16.3 Å². The van der Waals surface area contributed by atoms with Crippen LogP contribution in [-0.4, -0.2) is 25.8 Å². The Labute approximate surface area is 122 Å². The molecular weight excluding hydrogens is 258 g/mol. The lowest BCUT2D eigenvalue weighted by Gasteiger charge is -2.25. The third-order valence-electron chi connectivity index (χ3n) is 3.09. The maximum Gasteiger partial charge on any atom is 0.0465 e. The maximum atomic E-state index is 5.92. The van der Waals surface area contributed by atoms with Crippen molar-refractivity contribution < 1.29 is 4.74 Å². The highest BCUT2D eigenvalue weighted by Crippen LogP contribution is 2.16. The molecule has 0 heterocycles. The van der Waals surface area contributed by atoms with Gasteiger partial charge in [0.1, 0.15) is 0 Å². The summed E-state index contributed by atoms with van der Waals surface area (Å²) < 4.78 is 5.21. The molecule has 0 amide bonds. The van der Waals surface area contributed by atoms with Gasteiger partial charge in [-0.15, -0.1) is 0 Å². The third-order valence-corrected chi connectivity index (χ3v) is 3.34. The summed E-state index contributed by atoms with van der Waals surface area (Å²) in [5, 5.41) is 4.38. The fourth-order valence-electron chi connectivity index (χ4n) is 1.97. The normalized spacial score (nSPS) is 13.5. The summed E-state index contributed by atoms with van der Waals surface area (Å²) in [7, 11) is 1.76. The molecule has 0 bridgehead atoms. The second-order valence-corrected chi connectivity index (χ2v) is 6.55. The SMILES string of the molecule is COCCC(CNC(C)(C)C)Cc1ccc(Cl)cc1. The first-order valence-corrected chi connectivity index (χ1v) is 7.27. The summed E-state index contributed by atoms with van der Waals surface area (Å²) in [4.78, 5) is 0. The number of benzene rings is 1. The minimum Gasteiger partial charge on any atom is -0.385 e. The second kappa shape index (κ2) is 7.88. The van der Waals surface area contributed by atoms with Gasteiger partial charge in [0.15, 0.2) is 0 Å². The van der Waals surface area contributed by atoms with Crippen LogP contribution < -0.4 is 5.32 Å². The standard InChI is InChI=1S/C16H26ClNO/c1-16(2,3)18-12-14(9-10-19-4)11-13-5-7-15(17)8-6-13/h5-8,14,18H,9-12H2,1-4H3. The lowest BCUT2D eigenvalue weighted by molar-refractivity contribution is 0.173. The van der Waals surface area contributed by atoms with E-state index in [1.165, 1.54) is 5.56 Å². The van der Waals surface area contributed by atoms with Crippen LogP contribution in [0.15, 0.2) is 24.3 Å². The van der Waals surface area contributed by atoms with Crippen molar-refractivity contribution in [1.82, 2.24) is 5.32 Å². The van der Waals surface area contributed by atoms with Gasteiger partial charge in [0, 0.05) is 24.3 Å². The van der Waals surface area contributed by atoms with E-state index in [1.54, 1.807) is 7.11 Å². The Morgan fingerprint density at radius 3 is 2.37 bits per heavy atom. The summed E-state index contributed by atoms with van der Waals surface area (Å²) in [5.74, 6) is 0.584. The van der Waals surface area contributed by atoms with Gasteiger partial charge in [0.25, 0.3) is 0 Å². The van der Waals surface area contributed by atoms with Gasteiger partial charge in [-0.05, 0) is 63.8 Å². The molecule has 0 saturated heterocycles. The van der Waals surface area contributed by atoms with Crippen LogP contribution in [0.25, 0.3) is 0 Å². The molecule has 1 aromatic rings. The summed E-state index contributed by atoms with van der Waals surface area (Å²) in [6.07, 6.45) is 2.13.